The molecular formula is C7H3Br4F. The monoisotopic (exact) mass is 422 g/mol. The van der Waals surface area contributed by atoms with Gasteiger partial charge in [-0.2, -0.15) is 0 Å². The Bertz CT molecular complexity index is 292. The van der Waals surface area contributed by atoms with Crippen molar-refractivity contribution in [2.24, 2.45) is 0 Å². The third-order valence-corrected chi connectivity index (χ3v) is 3.24. The van der Waals surface area contributed by atoms with Gasteiger partial charge in [-0.05, 0) is 44.0 Å². The minimum Gasteiger partial charge on any atom is -0.213 e. The van der Waals surface area contributed by atoms with Crippen molar-refractivity contribution in [1.29, 1.82) is 0 Å². The third kappa shape index (κ3) is 2.79. The second kappa shape index (κ2) is 4.07. The molecule has 0 aliphatic heterocycles. The summed E-state index contributed by atoms with van der Waals surface area (Å²) in [5, 5.41) is 0. The number of rotatable bonds is 1. The Balaban J connectivity index is 3.19. The molecule has 5 heteroatoms. The molecule has 1 rings (SSSR count). The van der Waals surface area contributed by atoms with Gasteiger partial charge in [0.2, 0.25) is 3.49 Å². The summed E-state index contributed by atoms with van der Waals surface area (Å²) in [7, 11) is 0. The lowest BCUT2D eigenvalue weighted by Gasteiger charge is -2.12. The molecule has 0 unspecified atom stereocenters. The van der Waals surface area contributed by atoms with E-state index in [0.717, 1.165) is 4.47 Å². The summed E-state index contributed by atoms with van der Waals surface area (Å²) in [4.78, 5) is 0. The highest BCUT2D eigenvalue weighted by Crippen LogP contribution is 2.43. The van der Waals surface area contributed by atoms with E-state index in [4.69, 9.17) is 0 Å². The molecule has 0 aliphatic carbocycles. The standard InChI is InChI=1S/C7H3Br4F/c8-4-1-2-5(6(9)3-4)7(10,11)12/h1-3H. The second-order valence-corrected chi connectivity index (χ2v) is 7.14. The quantitative estimate of drug-likeness (QED) is 0.550. The van der Waals surface area contributed by atoms with Gasteiger partial charge in [-0.15, -0.1) is 0 Å². The molecule has 0 aliphatic rings. The van der Waals surface area contributed by atoms with Crippen LogP contribution in [0.2, 0.25) is 0 Å². The fourth-order valence-electron chi connectivity index (χ4n) is 0.719. The van der Waals surface area contributed by atoms with Crippen molar-refractivity contribution in [1.82, 2.24) is 0 Å². The molecule has 0 spiro atoms. The van der Waals surface area contributed by atoms with Crippen LogP contribution in [0.4, 0.5) is 4.39 Å². The van der Waals surface area contributed by atoms with E-state index in [1.54, 1.807) is 18.2 Å². The van der Waals surface area contributed by atoms with E-state index in [-0.39, 0.29) is 0 Å². The topological polar surface area (TPSA) is 0 Å². The van der Waals surface area contributed by atoms with Crippen LogP contribution in [-0.4, -0.2) is 0 Å². The Labute approximate surface area is 103 Å². The van der Waals surface area contributed by atoms with Crippen LogP contribution < -0.4 is 0 Å². The molecule has 1 aromatic carbocycles. The number of benzene rings is 1. The minimum absolute atomic E-state index is 0.505. The Morgan fingerprint density at radius 1 is 1.17 bits per heavy atom. The fraction of sp³-hybridized carbons (Fsp3) is 0.143. The maximum atomic E-state index is 13.3. The minimum atomic E-state index is -1.67. The fourth-order valence-corrected chi connectivity index (χ4v) is 3.26. The Morgan fingerprint density at radius 2 is 1.75 bits per heavy atom. The SMILES string of the molecule is FC(Br)(Br)c1ccc(Br)cc1Br. The summed E-state index contributed by atoms with van der Waals surface area (Å²) in [5.74, 6) is 0. The summed E-state index contributed by atoms with van der Waals surface area (Å²) < 4.78 is 13.2. The van der Waals surface area contributed by atoms with E-state index in [2.05, 4.69) is 63.7 Å². The van der Waals surface area contributed by atoms with E-state index in [9.17, 15) is 4.39 Å². The van der Waals surface area contributed by atoms with Crippen molar-refractivity contribution in [3.05, 3.63) is 32.7 Å². The number of hydrogen-bond acceptors (Lipinski definition) is 0. The van der Waals surface area contributed by atoms with E-state index in [1.807, 2.05) is 0 Å². The molecule has 0 amide bonds. The molecule has 0 saturated carbocycles. The Morgan fingerprint density at radius 3 is 2.17 bits per heavy atom. The van der Waals surface area contributed by atoms with Gasteiger partial charge in [0.15, 0.2) is 0 Å². The zero-order chi connectivity index (χ0) is 9.35. The van der Waals surface area contributed by atoms with Crippen LogP contribution in [0.1, 0.15) is 5.56 Å². The van der Waals surface area contributed by atoms with Crippen LogP contribution >= 0.6 is 63.7 Å². The zero-order valence-corrected chi connectivity index (χ0v) is 12.0. The highest BCUT2D eigenvalue weighted by Gasteiger charge is 2.26. The summed E-state index contributed by atoms with van der Waals surface area (Å²) in [6, 6.07) is 5.24. The van der Waals surface area contributed by atoms with Gasteiger partial charge in [0, 0.05) is 14.5 Å². The molecule has 12 heavy (non-hydrogen) atoms. The molecule has 0 N–H and O–H groups in total. The van der Waals surface area contributed by atoms with Crippen LogP contribution in [0, 0.1) is 0 Å². The lowest BCUT2D eigenvalue weighted by molar-refractivity contribution is 0.443. The van der Waals surface area contributed by atoms with Crippen LogP contribution in [0.25, 0.3) is 0 Å². The van der Waals surface area contributed by atoms with Crippen LogP contribution in [0.5, 0.6) is 0 Å². The molecule has 0 nitrogen and oxygen atoms in total. The molecule has 0 aromatic heterocycles. The van der Waals surface area contributed by atoms with Gasteiger partial charge in [0.05, 0.1) is 0 Å². The number of hydrogen-bond donors (Lipinski definition) is 0. The smallest absolute Gasteiger partial charge is 0.213 e. The third-order valence-electron chi connectivity index (χ3n) is 1.24. The predicted molar refractivity (Wildman–Crippen MR) is 62.5 cm³/mol. The van der Waals surface area contributed by atoms with Gasteiger partial charge in [-0.1, -0.05) is 37.9 Å². The lowest BCUT2D eigenvalue weighted by atomic mass is 10.2. The molecule has 0 bridgehead atoms. The number of alkyl halides is 3. The largest absolute Gasteiger partial charge is 0.245 e. The molecule has 0 radical (unpaired) electrons. The molecule has 0 saturated heterocycles. The average molecular weight is 426 g/mol. The van der Waals surface area contributed by atoms with Gasteiger partial charge in [0.1, 0.15) is 0 Å². The van der Waals surface area contributed by atoms with E-state index >= 15 is 0 Å². The average Bonchev–Trinajstić information content (AvgIpc) is 1.83. The van der Waals surface area contributed by atoms with Gasteiger partial charge in [-0.25, -0.2) is 4.39 Å². The highest BCUT2D eigenvalue weighted by atomic mass is 79.9. The first-order valence-corrected chi connectivity index (χ1v) is 6.10. The number of halogens is 5. The second-order valence-electron chi connectivity index (χ2n) is 2.12. The van der Waals surface area contributed by atoms with Gasteiger partial charge in [0.25, 0.3) is 0 Å². The molecular weight excluding hydrogens is 423 g/mol. The predicted octanol–water partition coefficient (Wildman–Crippen LogP) is 5.08. The summed E-state index contributed by atoms with van der Waals surface area (Å²) in [6.45, 7) is 0. The first-order valence-electron chi connectivity index (χ1n) is 2.93. The van der Waals surface area contributed by atoms with Crippen molar-refractivity contribution < 1.29 is 4.39 Å². The molecule has 66 valence electrons. The highest BCUT2D eigenvalue weighted by molar-refractivity contribution is 9.24. The normalized spacial score (nSPS) is 11.8. The van der Waals surface area contributed by atoms with Gasteiger partial charge < -0.3 is 0 Å². The zero-order valence-electron chi connectivity index (χ0n) is 5.62. The van der Waals surface area contributed by atoms with E-state index in [0.29, 0.717) is 10.0 Å². The molecule has 0 atom stereocenters. The van der Waals surface area contributed by atoms with E-state index in [1.165, 1.54) is 0 Å². The maximum absolute atomic E-state index is 13.3. The van der Waals surface area contributed by atoms with Crippen molar-refractivity contribution in [3.63, 3.8) is 0 Å². The van der Waals surface area contributed by atoms with Gasteiger partial charge in [-0.3, -0.25) is 0 Å². The van der Waals surface area contributed by atoms with Crippen molar-refractivity contribution in [3.8, 4) is 0 Å². The summed E-state index contributed by atoms with van der Waals surface area (Å²) in [6.07, 6.45) is 0. The molecule has 1 aromatic rings. The maximum Gasteiger partial charge on any atom is 0.245 e. The van der Waals surface area contributed by atoms with Crippen LogP contribution in [-0.2, 0) is 3.49 Å². The Hall–Kier alpha value is 1.07. The van der Waals surface area contributed by atoms with Gasteiger partial charge >= 0.3 is 0 Å². The molecule has 0 heterocycles. The van der Waals surface area contributed by atoms with Crippen LogP contribution in [0.15, 0.2) is 27.1 Å². The van der Waals surface area contributed by atoms with Crippen LogP contribution in [0.3, 0.4) is 0 Å². The van der Waals surface area contributed by atoms with E-state index < -0.39 is 3.49 Å². The Kier molecular flexibility index (Phi) is 3.78. The van der Waals surface area contributed by atoms with Crippen molar-refractivity contribution >= 4 is 63.7 Å². The molecule has 0 fully saturated rings. The van der Waals surface area contributed by atoms with Crippen molar-refractivity contribution in [2.75, 3.05) is 0 Å². The lowest BCUT2D eigenvalue weighted by Crippen LogP contribution is -2.00. The first-order chi connectivity index (χ1) is 5.41. The summed E-state index contributed by atoms with van der Waals surface area (Å²) >= 11 is 12.3. The first kappa shape index (κ1) is 11.1. The summed E-state index contributed by atoms with van der Waals surface area (Å²) in [5.41, 5.74) is 0.505. The van der Waals surface area contributed by atoms with Crippen molar-refractivity contribution in [2.45, 2.75) is 3.49 Å².